The highest BCUT2D eigenvalue weighted by Crippen LogP contribution is 2.20. The van der Waals surface area contributed by atoms with Gasteiger partial charge >= 0.3 is 0 Å². The van der Waals surface area contributed by atoms with Gasteiger partial charge in [-0.3, -0.25) is 14.5 Å². The summed E-state index contributed by atoms with van der Waals surface area (Å²) in [5.41, 5.74) is 0.590. The summed E-state index contributed by atoms with van der Waals surface area (Å²) in [6, 6.07) is 7.09. The van der Waals surface area contributed by atoms with Crippen molar-refractivity contribution in [1.82, 2.24) is 9.80 Å². The van der Waals surface area contributed by atoms with E-state index in [1.165, 1.54) is 6.92 Å². The average molecular weight is 354 g/mol. The van der Waals surface area contributed by atoms with Crippen LogP contribution in [0.3, 0.4) is 0 Å². The maximum absolute atomic E-state index is 12.1. The van der Waals surface area contributed by atoms with Crippen molar-refractivity contribution in [3.05, 3.63) is 29.3 Å². The van der Waals surface area contributed by atoms with Gasteiger partial charge in [0.05, 0.1) is 23.9 Å². The van der Waals surface area contributed by atoms with Gasteiger partial charge in [0.2, 0.25) is 11.8 Å². The summed E-state index contributed by atoms with van der Waals surface area (Å²) in [6.07, 6.45) is 0.244. The molecule has 0 radical (unpaired) electrons. The second-order valence-corrected chi connectivity index (χ2v) is 6.15. The molecule has 7 heteroatoms. The van der Waals surface area contributed by atoms with Crippen LogP contribution in [-0.2, 0) is 14.3 Å². The molecule has 1 saturated heterocycles. The van der Waals surface area contributed by atoms with E-state index in [4.69, 9.17) is 16.3 Å². The van der Waals surface area contributed by atoms with Crippen LogP contribution in [-0.4, -0.2) is 67.6 Å². The smallest absolute Gasteiger partial charge is 0.226 e. The first-order valence-corrected chi connectivity index (χ1v) is 8.54. The summed E-state index contributed by atoms with van der Waals surface area (Å²) >= 11 is 6.02. The van der Waals surface area contributed by atoms with Gasteiger partial charge in [-0.2, -0.15) is 0 Å². The van der Waals surface area contributed by atoms with Crippen LogP contribution in [0.25, 0.3) is 0 Å². The van der Waals surface area contributed by atoms with E-state index in [0.717, 1.165) is 32.8 Å². The fraction of sp³-hybridized carbons (Fsp3) is 0.529. The standard InChI is InChI=1S/C17H24ClN3O3/c1-14(22)21(9-8-20-10-12-24-13-11-20)7-6-17(23)19-16-5-3-2-4-15(16)18/h2-5H,6-13H2,1H3,(H,19,23). The summed E-state index contributed by atoms with van der Waals surface area (Å²) in [7, 11) is 0. The fourth-order valence-electron chi connectivity index (χ4n) is 2.53. The van der Waals surface area contributed by atoms with E-state index in [-0.39, 0.29) is 18.2 Å². The molecule has 0 unspecified atom stereocenters. The number of ether oxygens (including phenoxy) is 1. The number of hydrogen-bond donors (Lipinski definition) is 1. The molecule has 1 aliphatic heterocycles. The lowest BCUT2D eigenvalue weighted by molar-refractivity contribution is -0.129. The Labute approximate surface area is 147 Å². The highest BCUT2D eigenvalue weighted by Gasteiger charge is 2.15. The second-order valence-electron chi connectivity index (χ2n) is 5.74. The Bertz CT molecular complexity index is 562. The molecule has 1 aromatic carbocycles. The van der Waals surface area contributed by atoms with E-state index in [9.17, 15) is 9.59 Å². The van der Waals surface area contributed by atoms with E-state index in [1.54, 1.807) is 23.1 Å². The Balaban J connectivity index is 1.76. The summed E-state index contributed by atoms with van der Waals surface area (Å²) in [6.45, 7) is 6.60. The van der Waals surface area contributed by atoms with E-state index in [1.807, 2.05) is 6.07 Å². The molecule has 1 aromatic rings. The molecule has 1 N–H and O–H groups in total. The van der Waals surface area contributed by atoms with E-state index in [2.05, 4.69) is 10.2 Å². The molecule has 1 heterocycles. The molecule has 0 saturated carbocycles. The topological polar surface area (TPSA) is 61.9 Å². The minimum absolute atomic E-state index is 0.0196. The van der Waals surface area contributed by atoms with Crippen molar-refractivity contribution in [2.75, 3.05) is 51.3 Å². The van der Waals surface area contributed by atoms with Crippen LogP contribution in [0.15, 0.2) is 24.3 Å². The first-order valence-electron chi connectivity index (χ1n) is 8.16. The molecule has 2 amide bonds. The summed E-state index contributed by atoms with van der Waals surface area (Å²) in [5.74, 6) is -0.172. The normalized spacial score (nSPS) is 15.1. The maximum atomic E-state index is 12.1. The third-order valence-electron chi connectivity index (χ3n) is 3.99. The number of halogens is 1. The number of para-hydroxylation sites is 1. The Morgan fingerprint density at radius 3 is 2.62 bits per heavy atom. The van der Waals surface area contributed by atoms with Crippen LogP contribution in [0.4, 0.5) is 5.69 Å². The molecular formula is C17H24ClN3O3. The van der Waals surface area contributed by atoms with Crippen molar-refractivity contribution in [2.24, 2.45) is 0 Å². The summed E-state index contributed by atoms with van der Waals surface area (Å²) in [4.78, 5) is 27.8. The lowest BCUT2D eigenvalue weighted by atomic mass is 10.3. The van der Waals surface area contributed by atoms with Gasteiger partial charge in [0.1, 0.15) is 0 Å². The predicted octanol–water partition coefficient (Wildman–Crippen LogP) is 1.85. The minimum atomic E-state index is -0.152. The number of carbonyl (C=O) groups excluding carboxylic acids is 2. The van der Waals surface area contributed by atoms with E-state index in [0.29, 0.717) is 23.8 Å². The number of carbonyl (C=O) groups is 2. The minimum Gasteiger partial charge on any atom is -0.379 e. The third kappa shape index (κ3) is 6.11. The third-order valence-corrected chi connectivity index (χ3v) is 4.32. The lowest BCUT2D eigenvalue weighted by Gasteiger charge is -2.29. The SMILES string of the molecule is CC(=O)N(CCC(=O)Nc1ccccc1Cl)CCN1CCOCC1. The van der Waals surface area contributed by atoms with Crippen LogP contribution in [0.2, 0.25) is 5.02 Å². The van der Waals surface area contributed by atoms with Gasteiger partial charge < -0.3 is 15.0 Å². The zero-order chi connectivity index (χ0) is 17.4. The molecule has 24 heavy (non-hydrogen) atoms. The zero-order valence-electron chi connectivity index (χ0n) is 14.0. The molecule has 0 bridgehead atoms. The van der Waals surface area contributed by atoms with Crippen LogP contribution in [0.1, 0.15) is 13.3 Å². The predicted molar refractivity (Wildman–Crippen MR) is 94.2 cm³/mol. The van der Waals surface area contributed by atoms with Crippen LogP contribution in [0, 0.1) is 0 Å². The molecular weight excluding hydrogens is 330 g/mol. The molecule has 1 fully saturated rings. The van der Waals surface area contributed by atoms with Crippen molar-refractivity contribution in [3.63, 3.8) is 0 Å². The quantitative estimate of drug-likeness (QED) is 0.812. The molecule has 0 aromatic heterocycles. The van der Waals surface area contributed by atoms with Crippen molar-refractivity contribution < 1.29 is 14.3 Å². The van der Waals surface area contributed by atoms with Crippen LogP contribution < -0.4 is 5.32 Å². The molecule has 0 aliphatic carbocycles. The van der Waals surface area contributed by atoms with Crippen molar-refractivity contribution in [3.8, 4) is 0 Å². The molecule has 2 rings (SSSR count). The second kappa shape index (κ2) is 9.61. The van der Waals surface area contributed by atoms with Gasteiger partial charge in [-0.25, -0.2) is 0 Å². The Morgan fingerprint density at radius 2 is 1.96 bits per heavy atom. The van der Waals surface area contributed by atoms with Crippen LogP contribution >= 0.6 is 11.6 Å². The van der Waals surface area contributed by atoms with Crippen molar-refractivity contribution in [2.45, 2.75) is 13.3 Å². The highest BCUT2D eigenvalue weighted by atomic mass is 35.5. The molecule has 6 nitrogen and oxygen atoms in total. The lowest BCUT2D eigenvalue weighted by Crippen LogP contribution is -2.43. The Kier molecular flexibility index (Phi) is 7.49. The summed E-state index contributed by atoms with van der Waals surface area (Å²) in [5, 5.41) is 3.28. The van der Waals surface area contributed by atoms with Crippen molar-refractivity contribution >= 4 is 29.1 Å². The number of rotatable bonds is 7. The Hall–Kier alpha value is -1.63. The Morgan fingerprint density at radius 1 is 1.25 bits per heavy atom. The monoisotopic (exact) mass is 353 g/mol. The van der Waals surface area contributed by atoms with Gasteiger partial charge in [0.15, 0.2) is 0 Å². The largest absolute Gasteiger partial charge is 0.379 e. The number of anilines is 1. The first kappa shape index (κ1) is 18.7. The highest BCUT2D eigenvalue weighted by molar-refractivity contribution is 6.33. The molecule has 1 aliphatic rings. The van der Waals surface area contributed by atoms with Gasteiger partial charge in [0.25, 0.3) is 0 Å². The van der Waals surface area contributed by atoms with Crippen LogP contribution in [0.5, 0.6) is 0 Å². The molecule has 132 valence electrons. The summed E-state index contributed by atoms with van der Waals surface area (Å²) < 4.78 is 5.31. The number of amides is 2. The van der Waals surface area contributed by atoms with Gasteiger partial charge in [-0.05, 0) is 12.1 Å². The number of hydrogen-bond acceptors (Lipinski definition) is 4. The fourth-order valence-corrected chi connectivity index (χ4v) is 2.71. The van der Waals surface area contributed by atoms with E-state index < -0.39 is 0 Å². The average Bonchev–Trinajstić information content (AvgIpc) is 2.57. The van der Waals surface area contributed by atoms with Crippen molar-refractivity contribution in [1.29, 1.82) is 0 Å². The number of benzene rings is 1. The zero-order valence-corrected chi connectivity index (χ0v) is 14.7. The molecule has 0 atom stereocenters. The maximum Gasteiger partial charge on any atom is 0.226 e. The number of morpholine rings is 1. The van der Waals surface area contributed by atoms with Gasteiger partial charge in [-0.15, -0.1) is 0 Å². The molecule has 0 spiro atoms. The first-order chi connectivity index (χ1) is 11.6. The number of nitrogens with one attached hydrogen (secondary N) is 1. The van der Waals surface area contributed by atoms with Gasteiger partial charge in [-0.1, -0.05) is 23.7 Å². The van der Waals surface area contributed by atoms with E-state index >= 15 is 0 Å². The van der Waals surface area contributed by atoms with Gasteiger partial charge in [0, 0.05) is 46.1 Å². The number of nitrogens with zero attached hydrogens (tertiary/aromatic N) is 2.